The summed E-state index contributed by atoms with van der Waals surface area (Å²) in [5.74, 6) is -0.688. The van der Waals surface area contributed by atoms with Gasteiger partial charge < -0.3 is 10.2 Å². The zero-order valence-corrected chi connectivity index (χ0v) is 24.1. The summed E-state index contributed by atoms with van der Waals surface area (Å²) in [6, 6.07) is 22.3. The van der Waals surface area contributed by atoms with E-state index in [2.05, 4.69) is 5.32 Å². The van der Waals surface area contributed by atoms with Crippen molar-refractivity contribution in [2.24, 2.45) is 0 Å². The van der Waals surface area contributed by atoms with Gasteiger partial charge in [-0.1, -0.05) is 80.4 Å². The molecule has 0 spiro atoms. The molecule has 3 aromatic carbocycles. The van der Waals surface area contributed by atoms with Crippen LogP contribution in [0.15, 0.2) is 83.8 Å². The van der Waals surface area contributed by atoms with Crippen molar-refractivity contribution in [2.75, 3.05) is 17.4 Å². The number of nitrogens with one attached hydrogen (secondary N) is 1. The quantitative estimate of drug-likeness (QED) is 0.296. The summed E-state index contributed by atoms with van der Waals surface area (Å²) >= 11 is 0. The van der Waals surface area contributed by atoms with Crippen LogP contribution in [0.1, 0.15) is 49.8 Å². The zero-order valence-electron chi connectivity index (χ0n) is 23.3. The summed E-state index contributed by atoms with van der Waals surface area (Å²) in [5.41, 5.74) is 3.05. The second kappa shape index (κ2) is 13.9. The molecule has 3 aromatic rings. The molecule has 0 aliphatic heterocycles. The van der Waals surface area contributed by atoms with Gasteiger partial charge in [-0.25, -0.2) is 8.42 Å². The molecule has 1 N–H and O–H groups in total. The lowest BCUT2D eigenvalue weighted by Crippen LogP contribution is -2.52. The van der Waals surface area contributed by atoms with E-state index in [1.807, 2.05) is 64.1 Å². The fraction of sp³-hybridized carbons (Fsp3) is 0.355. The highest BCUT2D eigenvalue weighted by atomic mass is 32.2. The number of amides is 2. The van der Waals surface area contributed by atoms with E-state index >= 15 is 0 Å². The van der Waals surface area contributed by atoms with E-state index in [1.54, 1.807) is 42.5 Å². The molecule has 0 bridgehead atoms. The third-order valence-electron chi connectivity index (χ3n) is 6.59. The number of hydrogen-bond donors (Lipinski definition) is 1. The molecule has 0 saturated heterocycles. The highest BCUT2D eigenvalue weighted by molar-refractivity contribution is 7.92. The minimum atomic E-state index is -4.07. The van der Waals surface area contributed by atoms with Crippen LogP contribution in [0.3, 0.4) is 0 Å². The minimum absolute atomic E-state index is 0.0985. The van der Waals surface area contributed by atoms with Gasteiger partial charge in [0.2, 0.25) is 11.8 Å². The van der Waals surface area contributed by atoms with Crippen LogP contribution in [-0.4, -0.2) is 44.3 Å². The Morgan fingerprint density at radius 3 is 2.18 bits per heavy atom. The molecule has 1 atom stereocenters. The van der Waals surface area contributed by atoms with E-state index in [0.717, 1.165) is 33.8 Å². The summed E-state index contributed by atoms with van der Waals surface area (Å²) in [7, 11) is -4.07. The average Bonchev–Trinajstić information content (AvgIpc) is 2.92. The number of benzene rings is 3. The Hall–Kier alpha value is -3.65. The van der Waals surface area contributed by atoms with E-state index in [9.17, 15) is 18.0 Å². The predicted octanol–water partition coefficient (Wildman–Crippen LogP) is 5.22. The van der Waals surface area contributed by atoms with Crippen LogP contribution in [0.4, 0.5) is 5.69 Å². The number of nitrogens with zero attached hydrogens (tertiary/aromatic N) is 2. The molecule has 0 unspecified atom stereocenters. The maximum absolute atomic E-state index is 14.0. The van der Waals surface area contributed by atoms with Crippen LogP contribution in [0, 0.1) is 13.8 Å². The molecule has 0 aliphatic carbocycles. The standard InChI is InChI=1S/C31H39N3O4S/c1-5-7-20-32-31(36)29(6-2)33(22-26-13-9-8-10-14-26)30(35)23-34(27-15-11-12-25(4)21-27)39(37,38)28-18-16-24(3)17-19-28/h8-19,21,29H,5-7,20,22-23H2,1-4H3,(H,32,36)/t29-/m1/s1. The van der Waals surface area contributed by atoms with E-state index in [0.29, 0.717) is 18.7 Å². The Morgan fingerprint density at radius 1 is 0.872 bits per heavy atom. The minimum Gasteiger partial charge on any atom is -0.354 e. The molecule has 0 heterocycles. The lowest BCUT2D eigenvalue weighted by molar-refractivity contribution is -0.140. The summed E-state index contributed by atoms with van der Waals surface area (Å²) in [6.07, 6.45) is 2.17. The monoisotopic (exact) mass is 549 g/mol. The van der Waals surface area contributed by atoms with Crippen molar-refractivity contribution >= 4 is 27.5 Å². The number of hydrogen-bond acceptors (Lipinski definition) is 4. The van der Waals surface area contributed by atoms with Crippen LogP contribution in [0.2, 0.25) is 0 Å². The van der Waals surface area contributed by atoms with Crippen LogP contribution < -0.4 is 9.62 Å². The number of sulfonamides is 1. The number of rotatable bonds is 13. The van der Waals surface area contributed by atoms with Crippen LogP contribution >= 0.6 is 0 Å². The first-order valence-electron chi connectivity index (χ1n) is 13.4. The van der Waals surface area contributed by atoms with Gasteiger partial charge in [0, 0.05) is 13.1 Å². The van der Waals surface area contributed by atoms with Gasteiger partial charge in [0.25, 0.3) is 10.0 Å². The number of carbonyl (C=O) groups is 2. The Kier molecular flexibility index (Phi) is 10.7. The predicted molar refractivity (Wildman–Crippen MR) is 156 cm³/mol. The molecule has 39 heavy (non-hydrogen) atoms. The van der Waals surface area contributed by atoms with E-state index in [4.69, 9.17) is 0 Å². The largest absolute Gasteiger partial charge is 0.354 e. The zero-order chi connectivity index (χ0) is 28.4. The van der Waals surface area contributed by atoms with Crippen molar-refractivity contribution in [2.45, 2.75) is 64.4 Å². The van der Waals surface area contributed by atoms with Gasteiger partial charge in [0.1, 0.15) is 12.6 Å². The number of carbonyl (C=O) groups excluding carboxylic acids is 2. The van der Waals surface area contributed by atoms with Crippen LogP contribution in [-0.2, 0) is 26.2 Å². The van der Waals surface area contributed by atoms with Gasteiger partial charge >= 0.3 is 0 Å². The first-order valence-corrected chi connectivity index (χ1v) is 14.9. The Labute approximate surface area is 232 Å². The lowest BCUT2D eigenvalue weighted by atomic mass is 10.1. The Bertz CT molecular complexity index is 1340. The Balaban J connectivity index is 2.02. The summed E-state index contributed by atoms with van der Waals surface area (Å²) in [6.45, 7) is 7.93. The van der Waals surface area contributed by atoms with E-state index in [-0.39, 0.29) is 17.3 Å². The molecule has 7 nitrogen and oxygen atoms in total. The van der Waals surface area contributed by atoms with Gasteiger partial charge in [-0.15, -0.1) is 0 Å². The van der Waals surface area contributed by atoms with Crippen molar-refractivity contribution in [1.29, 1.82) is 0 Å². The van der Waals surface area contributed by atoms with Crippen molar-refractivity contribution in [1.82, 2.24) is 10.2 Å². The average molecular weight is 550 g/mol. The van der Waals surface area contributed by atoms with E-state index in [1.165, 1.54) is 4.90 Å². The third-order valence-corrected chi connectivity index (χ3v) is 8.38. The molecule has 0 aliphatic rings. The van der Waals surface area contributed by atoms with Crippen molar-refractivity contribution in [3.8, 4) is 0 Å². The maximum Gasteiger partial charge on any atom is 0.264 e. The van der Waals surface area contributed by atoms with Gasteiger partial charge in [0.05, 0.1) is 10.6 Å². The van der Waals surface area contributed by atoms with Gasteiger partial charge in [-0.05, 0) is 62.1 Å². The highest BCUT2D eigenvalue weighted by Gasteiger charge is 2.33. The maximum atomic E-state index is 14.0. The number of anilines is 1. The first-order chi connectivity index (χ1) is 18.7. The third kappa shape index (κ3) is 7.93. The van der Waals surface area contributed by atoms with Crippen molar-refractivity contribution < 1.29 is 18.0 Å². The Morgan fingerprint density at radius 2 is 1.56 bits per heavy atom. The normalized spacial score (nSPS) is 12.0. The summed E-state index contributed by atoms with van der Waals surface area (Å²) in [5, 5.41) is 2.94. The SMILES string of the molecule is CCCCNC(=O)[C@@H](CC)N(Cc1ccccc1)C(=O)CN(c1cccc(C)c1)S(=O)(=O)c1ccc(C)cc1. The molecule has 0 radical (unpaired) electrons. The van der Waals surface area contributed by atoms with Crippen molar-refractivity contribution in [3.63, 3.8) is 0 Å². The molecule has 3 rings (SSSR count). The van der Waals surface area contributed by atoms with Gasteiger partial charge in [-0.3, -0.25) is 13.9 Å². The molecular weight excluding hydrogens is 510 g/mol. The lowest BCUT2D eigenvalue weighted by Gasteiger charge is -2.33. The molecule has 0 fully saturated rings. The van der Waals surface area contributed by atoms with E-state index < -0.39 is 28.5 Å². The van der Waals surface area contributed by atoms with Gasteiger partial charge in [-0.2, -0.15) is 0 Å². The fourth-order valence-electron chi connectivity index (χ4n) is 4.36. The van der Waals surface area contributed by atoms with Crippen LogP contribution in [0.25, 0.3) is 0 Å². The molecule has 2 amide bonds. The van der Waals surface area contributed by atoms with Crippen molar-refractivity contribution in [3.05, 3.63) is 95.6 Å². The molecule has 0 saturated carbocycles. The number of unbranched alkanes of at least 4 members (excludes halogenated alkanes) is 1. The molecule has 8 heteroatoms. The number of aryl methyl sites for hydroxylation is 2. The van der Waals surface area contributed by atoms with Crippen LogP contribution in [0.5, 0.6) is 0 Å². The van der Waals surface area contributed by atoms with Gasteiger partial charge in [0.15, 0.2) is 0 Å². The summed E-state index contributed by atoms with van der Waals surface area (Å²) in [4.78, 5) is 28.8. The second-order valence-corrected chi connectivity index (χ2v) is 11.6. The topological polar surface area (TPSA) is 86.8 Å². The summed E-state index contributed by atoms with van der Waals surface area (Å²) < 4.78 is 28.9. The molecule has 208 valence electrons. The molecule has 0 aromatic heterocycles. The smallest absolute Gasteiger partial charge is 0.264 e. The fourth-order valence-corrected chi connectivity index (χ4v) is 5.76. The highest BCUT2D eigenvalue weighted by Crippen LogP contribution is 2.26. The molecular formula is C31H39N3O4S. The second-order valence-electron chi connectivity index (χ2n) is 9.74. The first kappa shape index (κ1) is 29.9.